The predicted octanol–water partition coefficient (Wildman–Crippen LogP) is 2.97. The number of fused-ring (bicyclic) bond motifs is 1. The zero-order chi connectivity index (χ0) is 17.9. The molecule has 7 heteroatoms. The zero-order valence-electron chi connectivity index (χ0n) is 13.8. The van der Waals surface area contributed by atoms with E-state index in [9.17, 15) is 9.18 Å². The molecule has 2 heterocycles. The Hall–Kier alpha value is -3.22. The maximum atomic E-state index is 12.9. The van der Waals surface area contributed by atoms with Gasteiger partial charge in [-0.05, 0) is 29.8 Å². The van der Waals surface area contributed by atoms with Gasteiger partial charge in [0.25, 0.3) is 5.91 Å². The molecule has 1 aromatic heterocycles. The van der Waals surface area contributed by atoms with Crippen molar-refractivity contribution in [2.24, 2.45) is 5.16 Å². The van der Waals surface area contributed by atoms with Crippen LogP contribution in [0.5, 0.6) is 0 Å². The van der Waals surface area contributed by atoms with Crippen molar-refractivity contribution in [1.29, 1.82) is 0 Å². The topological polar surface area (TPSA) is 76.7 Å². The molecule has 1 amide bonds. The highest BCUT2D eigenvalue weighted by atomic mass is 19.1. The third-order valence-electron chi connectivity index (χ3n) is 4.10. The van der Waals surface area contributed by atoms with Crippen LogP contribution >= 0.6 is 0 Å². The van der Waals surface area contributed by atoms with Gasteiger partial charge in [0.1, 0.15) is 23.1 Å². The predicted molar refractivity (Wildman–Crippen MR) is 92.9 cm³/mol. The van der Waals surface area contributed by atoms with Crippen LogP contribution in [0, 0.1) is 5.82 Å². The lowest BCUT2D eigenvalue weighted by molar-refractivity contribution is -0.115. The van der Waals surface area contributed by atoms with E-state index in [-0.39, 0.29) is 17.8 Å². The van der Waals surface area contributed by atoms with Crippen molar-refractivity contribution in [3.8, 4) is 0 Å². The molecule has 0 saturated heterocycles. The lowest BCUT2D eigenvalue weighted by atomic mass is 10.1. The molecule has 0 fully saturated rings. The Bertz CT molecular complexity index is 933. The summed E-state index contributed by atoms with van der Waals surface area (Å²) in [5, 5.41) is 6.62. The normalized spacial score (nSPS) is 16.3. The Morgan fingerprint density at radius 3 is 2.81 bits per heavy atom. The van der Waals surface area contributed by atoms with E-state index < -0.39 is 0 Å². The van der Waals surface area contributed by atoms with Crippen molar-refractivity contribution in [2.45, 2.75) is 25.5 Å². The van der Waals surface area contributed by atoms with E-state index in [1.807, 2.05) is 24.3 Å². The van der Waals surface area contributed by atoms with Gasteiger partial charge in [-0.2, -0.15) is 0 Å². The van der Waals surface area contributed by atoms with E-state index >= 15 is 0 Å². The van der Waals surface area contributed by atoms with Crippen molar-refractivity contribution in [1.82, 2.24) is 10.3 Å². The average Bonchev–Trinajstić information content (AvgIpc) is 3.27. The summed E-state index contributed by atoms with van der Waals surface area (Å²) in [6, 6.07) is 13.5. The Labute approximate surface area is 148 Å². The molecule has 2 aromatic carbocycles. The summed E-state index contributed by atoms with van der Waals surface area (Å²) in [6.07, 6.45) is 0.538. The summed E-state index contributed by atoms with van der Waals surface area (Å²) in [5.41, 5.74) is 2.65. The summed E-state index contributed by atoms with van der Waals surface area (Å²) in [5.74, 6) is -0.0514. The van der Waals surface area contributed by atoms with Gasteiger partial charge in [0.15, 0.2) is 11.5 Å². The smallest absolute Gasteiger partial charge is 0.269 e. The second-order valence-electron chi connectivity index (χ2n) is 6.06. The minimum absolute atomic E-state index is 0.283. The number of nitrogens with zero attached hydrogens (tertiary/aromatic N) is 2. The number of hydrogen-bond acceptors (Lipinski definition) is 5. The van der Waals surface area contributed by atoms with E-state index in [0.717, 1.165) is 16.7 Å². The van der Waals surface area contributed by atoms with Crippen LogP contribution in [0.2, 0.25) is 0 Å². The molecule has 0 radical (unpaired) electrons. The van der Waals surface area contributed by atoms with Crippen LogP contribution in [-0.2, 0) is 22.6 Å². The van der Waals surface area contributed by atoms with Crippen LogP contribution in [-0.4, -0.2) is 22.7 Å². The molecule has 1 aliphatic heterocycles. The molecule has 3 aromatic rings. The molecule has 4 rings (SSSR count). The number of para-hydroxylation sites is 2. The minimum atomic E-state index is -0.310. The number of oxazole rings is 1. The summed E-state index contributed by atoms with van der Waals surface area (Å²) in [4.78, 5) is 21.9. The molecule has 6 nitrogen and oxygen atoms in total. The first-order valence-electron chi connectivity index (χ1n) is 8.27. The fourth-order valence-corrected chi connectivity index (χ4v) is 2.76. The fraction of sp³-hybridized carbons (Fsp3) is 0.211. The molecule has 132 valence electrons. The number of aromatic nitrogens is 1. The Kier molecular flexibility index (Phi) is 4.35. The zero-order valence-corrected chi connectivity index (χ0v) is 13.8. The number of nitrogens with one attached hydrogen (secondary N) is 1. The SMILES string of the molecule is O=C(NCc1ccc(F)cc1)C1=NOC(Cc2nc3ccccc3o2)C1. The number of oxime groups is 1. The first kappa shape index (κ1) is 16.3. The molecule has 26 heavy (non-hydrogen) atoms. The molecule has 0 aliphatic carbocycles. The molecule has 1 N–H and O–H groups in total. The molecule has 0 spiro atoms. The van der Waals surface area contributed by atoms with Gasteiger partial charge in [0.05, 0.1) is 6.42 Å². The van der Waals surface area contributed by atoms with Gasteiger partial charge >= 0.3 is 0 Å². The van der Waals surface area contributed by atoms with Crippen molar-refractivity contribution in [2.75, 3.05) is 0 Å². The average molecular weight is 353 g/mol. The number of carbonyl (C=O) groups excluding carboxylic acids is 1. The number of amides is 1. The van der Waals surface area contributed by atoms with Gasteiger partial charge < -0.3 is 14.6 Å². The van der Waals surface area contributed by atoms with Crippen LogP contribution < -0.4 is 5.32 Å². The van der Waals surface area contributed by atoms with E-state index in [1.54, 1.807) is 12.1 Å². The van der Waals surface area contributed by atoms with Crippen molar-refractivity contribution in [3.05, 3.63) is 65.8 Å². The molecule has 0 bridgehead atoms. The van der Waals surface area contributed by atoms with E-state index in [4.69, 9.17) is 9.25 Å². The van der Waals surface area contributed by atoms with Crippen LogP contribution in [0.25, 0.3) is 11.1 Å². The summed E-state index contributed by atoms with van der Waals surface area (Å²) in [7, 11) is 0. The third kappa shape index (κ3) is 3.56. The van der Waals surface area contributed by atoms with Gasteiger partial charge in [0.2, 0.25) is 0 Å². The Morgan fingerprint density at radius 2 is 2.00 bits per heavy atom. The lowest BCUT2D eigenvalue weighted by Gasteiger charge is -2.05. The van der Waals surface area contributed by atoms with Crippen LogP contribution in [0.15, 0.2) is 58.1 Å². The van der Waals surface area contributed by atoms with Crippen molar-refractivity contribution < 1.29 is 18.4 Å². The first-order chi connectivity index (χ1) is 12.7. The maximum absolute atomic E-state index is 12.9. The monoisotopic (exact) mass is 353 g/mol. The second kappa shape index (κ2) is 6.95. The summed E-state index contributed by atoms with van der Waals surface area (Å²) < 4.78 is 18.6. The quantitative estimate of drug-likeness (QED) is 0.765. The molecule has 0 saturated carbocycles. The first-order valence-corrected chi connectivity index (χ1v) is 8.27. The molecule has 1 unspecified atom stereocenters. The summed E-state index contributed by atoms with van der Waals surface area (Å²) in [6.45, 7) is 0.300. The largest absolute Gasteiger partial charge is 0.441 e. The van der Waals surface area contributed by atoms with Gasteiger partial charge in [-0.25, -0.2) is 9.37 Å². The molecule has 1 aliphatic rings. The van der Waals surface area contributed by atoms with Gasteiger partial charge in [-0.3, -0.25) is 4.79 Å². The van der Waals surface area contributed by atoms with Gasteiger partial charge in [0, 0.05) is 13.0 Å². The van der Waals surface area contributed by atoms with E-state index in [1.165, 1.54) is 12.1 Å². The molecule has 1 atom stereocenters. The van der Waals surface area contributed by atoms with Crippen molar-refractivity contribution >= 4 is 22.7 Å². The standard InChI is InChI=1S/C19H16FN3O3/c20-13-7-5-12(6-8-13)11-21-19(24)16-9-14(26-23-16)10-18-22-15-3-1-2-4-17(15)25-18/h1-8,14H,9-11H2,(H,21,24). The van der Waals surface area contributed by atoms with Crippen LogP contribution in [0.4, 0.5) is 4.39 Å². The Balaban J connectivity index is 1.31. The fourth-order valence-electron chi connectivity index (χ4n) is 2.76. The molecular formula is C19H16FN3O3. The number of hydrogen-bond donors (Lipinski definition) is 1. The van der Waals surface area contributed by atoms with Crippen LogP contribution in [0.1, 0.15) is 17.9 Å². The van der Waals surface area contributed by atoms with E-state index in [0.29, 0.717) is 31.0 Å². The number of halogens is 1. The van der Waals surface area contributed by atoms with Gasteiger partial charge in [-0.15, -0.1) is 0 Å². The Morgan fingerprint density at radius 1 is 1.19 bits per heavy atom. The number of carbonyl (C=O) groups is 1. The highest BCUT2D eigenvalue weighted by Gasteiger charge is 2.27. The lowest BCUT2D eigenvalue weighted by Crippen LogP contribution is -2.30. The summed E-state index contributed by atoms with van der Waals surface area (Å²) >= 11 is 0. The van der Waals surface area contributed by atoms with Crippen molar-refractivity contribution in [3.63, 3.8) is 0 Å². The minimum Gasteiger partial charge on any atom is -0.441 e. The third-order valence-corrected chi connectivity index (χ3v) is 4.10. The second-order valence-corrected chi connectivity index (χ2v) is 6.06. The molecular weight excluding hydrogens is 337 g/mol. The van der Waals surface area contributed by atoms with Gasteiger partial charge in [-0.1, -0.05) is 29.4 Å². The van der Waals surface area contributed by atoms with E-state index in [2.05, 4.69) is 15.5 Å². The number of rotatable bonds is 5. The highest BCUT2D eigenvalue weighted by Crippen LogP contribution is 2.20. The maximum Gasteiger partial charge on any atom is 0.269 e. The highest BCUT2D eigenvalue weighted by molar-refractivity contribution is 6.39. The number of benzene rings is 2. The van der Waals surface area contributed by atoms with Crippen LogP contribution in [0.3, 0.4) is 0 Å².